The summed E-state index contributed by atoms with van der Waals surface area (Å²) in [6.45, 7) is 3.40. The van der Waals surface area contributed by atoms with Crippen molar-refractivity contribution in [1.82, 2.24) is 5.32 Å². The van der Waals surface area contributed by atoms with E-state index in [4.69, 9.17) is 4.74 Å². The standard InChI is InChI=1S/C21H24N2O3/c1-16-5-2-3-6-17(16)12-13-22-20(24)15-26-19-10-8-18(9-11-19)23-14-4-7-21(23)25/h2-3,5-6,8-11H,4,7,12-15H2,1H3,(H,22,24). The van der Waals surface area contributed by atoms with Gasteiger partial charge in [0.15, 0.2) is 6.61 Å². The van der Waals surface area contributed by atoms with Crippen LogP contribution >= 0.6 is 0 Å². The van der Waals surface area contributed by atoms with Crippen molar-refractivity contribution in [2.24, 2.45) is 0 Å². The lowest BCUT2D eigenvalue weighted by molar-refractivity contribution is -0.123. The van der Waals surface area contributed by atoms with E-state index in [1.165, 1.54) is 11.1 Å². The zero-order valence-corrected chi connectivity index (χ0v) is 15.0. The predicted molar refractivity (Wildman–Crippen MR) is 101 cm³/mol. The molecule has 1 aliphatic rings. The highest BCUT2D eigenvalue weighted by Gasteiger charge is 2.21. The SMILES string of the molecule is Cc1ccccc1CCNC(=O)COc1ccc(N2CCCC2=O)cc1. The Morgan fingerprint density at radius 2 is 1.92 bits per heavy atom. The Labute approximate surface area is 154 Å². The van der Waals surface area contributed by atoms with Gasteiger partial charge in [0.05, 0.1) is 0 Å². The topological polar surface area (TPSA) is 58.6 Å². The van der Waals surface area contributed by atoms with E-state index in [9.17, 15) is 9.59 Å². The molecule has 0 atom stereocenters. The molecule has 0 spiro atoms. The van der Waals surface area contributed by atoms with Crippen LogP contribution in [0.4, 0.5) is 5.69 Å². The zero-order valence-electron chi connectivity index (χ0n) is 15.0. The minimum Gasteiger partial charge on any atom is -0.484 e. The fourth-order valence-electron chi connectivity index (χ4n) is 3.07. The molecular formula is C21H24N2O3. The van der Waals surface area contributed by atoms with Gasteiger partial charge in [-0.25, -0.2) is 0 Å². The molecule has 2 amide bonds. The summed E-state index contributed by atoms with van der Waals surface area (Å²) >= 11 is 0. The van der Waals surface area contributed by atoms with Crippen LogP contribution in [0, 0.1) is 6.92 Å². The third-order valence-corrected chi connectivity index (χ3v) is 4.57. The first-order chi connectivity index (χ1) is 12.6. The van der Waals surface area contributed by atoms with Gasteiger partial charge in [-0.3, -0.25) is 9.59 Å². The number of nitrogens with zero attached hydrogens (tertiary/aromatic N) is 1. The summed E-state index contributed by atoms with van der Waals surface area (Å²) in [5, 5.41) is 2.87. The molecule has 5 nitrogen and oxygen atoms in total. The molecule has 1 aliphatic heterocycles. The molecule has 3 rings (SSSR count). The van der Waals surface area contributed by atoms with Gasteiger partial charge in [0.25, 0.3) is 5.91 Å². The zero-order chi connectivity index (χ0) is 18.4. The van der Waals surface area contributed by atoms with E-state index in [0.717, 1.165) is 25.1 Å². The highest BCUT2D eigenvalue weighted by molar-refractivity contribution is 5.95. The molecule has 0 aliphatic carbocycles. The van der Waals surface area contributed by atoms with Gasteiger partial charge >= 0.3 is 0 Å². The molecule has 1 N–H and O–H groups in total. The van der Waals surface area contributed by atoms with Crippen LogP contribution in [0.15, 0.2) is 48.5 Å². The maximum absolute atomic E-state index is 11.9. The monoisotopic (exact) mass is 352 g/mol. The Kier molecular flexibility index (Phi) is 5.89. The molecule has 0 radical (unpaired) electrons. The summed E-state index contributed by atoms with van der Waals surface area (Å²) in [5.74, 6) is 0.638. The highest BCUT2D eigenvalue weighted by atomic mass is 16.5. The molecule has 0 unspecified atom stereocenters. The molecule has 1 saturated heterocycles. The fourth-order valence-corrected chi connectivity index (χ4v) is 3.07. The summed E-state index contributed by atoms with van der Waals surface area (Å²) in [6, 6.07) is 15.5. The van der Waals surface area contributed by atoms with E-state index in [1.54, 1.807) is 17.0 Å². The smallest absolute Gasteiger partial charge is 0.257 e. The Hall–Kier alpha value is -2.82. The lowest BCUT2D eigenvalue weighted by atomic mass is 10.1. The molecule has 2 aromatic rings. The molecule has 0 bridgehead atoms. The Bertz CT molecular complexity index is 771. The van der Waals surface area contributed by atoms with Gasteiger partial charge in [-0.2, -0.15) is 0 Å². The summed E-state index contributed by atoms with van der Waals surface area (Å²) in [6.07, 6.45) is 2.32. The summed E-state index contributed by atoms with van der Waals surface area (Å²) in [7, 11) is 0. The average molecular weight is 352 g/mol. The minimum atomic E-state index is -0.141. The van der Waals surface area contributed by atoms with Crippen LogP contribution in [0.2, 0.25) is 0 Å². The molecule has 1 fully saturated rings. The molecule has 0 saturated carbocycles. The van der Waals surface area contributed by atoms with Gasteiger partial charge in [0.2, 0.25) is 5.91 Å². The fraction of sp³-hybridized carbons (Fsp3) is 0.333. The Morgan fingerprint density at radius 1 is 1.15 bits per heavy atom. The molecule has 2 aromatic carbocycles. The van der Waals surface area contributed by atoms with E-state index in [0.29, 0.717) is 18.7 Å². The number of nitrogens with one attached hydrogen (secondary N) is 1. The summed E-state index contributed by atoms with van der Waals surface area (Å²) in [5.41, 5.74) is 3.35. The largest absolute Gasteiger partial charge is 0.484 e. The minimum absolute atomic E-state index is 0.0181. The van der Waals surface area contributed by atoms with Crippen molar-refractivity contribution in [3.63, 3.8) is 0 Å². The van der Waals surface area contributed by atoms with Gasteiger partial charge in [-0.15, -0.1) is 0 Å². The van der Waals surface area contributed by atoms with Gasteiger partial charge in [-0.1, -0.05) is 24.3 Å². The quantitative estimate of drug-likeness (QED) is 0.834. The van der Waals surface area contributed by atoms with Crippen molar-refractivity contribution in [3.8, 4) is 5.75 Å². The van der Waals surface area contributed by atoms with E-state index >= 15 is 0 Å². The lowest BCUT2D eigenvalue weighted by Crippen LogP contribution is -2.30. The van der Waals surface area contributed by atoms with Gasteiger partial charge in [0.1, 0.15) is 5.75 Å². The average Bonchev–Trinajstić information content (AvgIpc) is 3.08. The van der Waals surface area contributed by atoms with Crippen molar-refractivity contribution in [2.75, 3.05) is 24.6 Å². The Balaban J connectivity index is 1.41. The number of hydrogen-bond donors (Lipinski definition) is 1. The van der Waals surface area contributed by atoms with E-state index in [1.807, 2.05) is 24.3 Å². The van der Waals surface area contributed by atoms with Crippen molar-refractivity contribution < 1.29 is 14.3 Å². The van der Waals surface area contributed by atoms with Crippen LogP contribution < -0.4 is 15.0 Å². The van der Waals surface area contributed by atoms with Crippen LogP contribution in [0.25, 0.3) is 0 Å². The number of rotatable bonds is 7. The number of ether oxygens (including phenoxy) is 1. The summed E-state index contributed by atoms with van der Waals surface area (Å²) in [4.78, 5) is 25.4. The van der Waals surface area contributed by atoms with Crippen LogP contribution in [0.1, 0.15) is 24.0 Å². The lowest BCUT2D eigenvalue weighted by Gasteiger charge is -2.16. The first kappa shape index (κ1) is 18.0. The second-order valence-corrected chi connectivity index (χ2v) is 6.46. The molecular weight excluding hydrogens is 328 g/mol. The number of carbonyl (C=O) groups excluding carboxylic acids is 2. The number of carbonyl (C=O) groups is 2. The highest BCUT2D eigenvalue weighted by Crippen LogP contribution is 2.23. The number of benzene rings is 2. The third-order valence-electron chi connectivity index (χ3n) is 4.57. The molecule has 5 heteroatoms. The molecule has 136 valence electrons. The van der Waals surface area contributed by atoms with E-state index in [-0.39, 0.29) is 18.4 Å². The maximum Gasteiger partial charge on any atom is 0.257 e. The van der Waals surface area contributed by atoms with E-state index in [2.05, 4.69) is 24.4 Å². The second kappa shape index (κ2) is 8.52. The molecule has 0 aromatic heterocycles. The molecule has 1 heterocycles. The van der Waals surface area contributed by atoms with Crippen LogP contribution in [0.3, 0.4) is 0 Å². The van der Waals surface area contributed by atoms with E-state index < -0.39 is 0 Å². The first-order valence-corrected chi connectivity index (χ1v) is 8.98. The van der Waals surface area contributed by atoms with Crippen molar-refractivity contribution in [2.45, 2.75) is 26.2 Å². The number of anilines is 1. The number of hydrogen-bond acceptors (Lipinski definition) is 3. The second-order valence-electron chi connectivity index (χ2n) is 6.46. The van der Waals surface area contributed by atoms with Crippen LogP contribution in [-0.2, 0) is 16.0 Å². The third kappa shape index (κ3) is 4.63. The van der Waals surface area contributed by atoms with Crippen molar-refractivity contribution in [1.29, 1.82) is 0 Å². The molecule has 26 heavy (non-hydrogen) atoms. The van der Waals surface area contributed by atoms with Crippen LogP contribution in [0.5, 0.6) is 5.75 Å². The first-order valence-electron chi connectivity index (χ1n) is 8.98. The maximum atomic E-state index is 11.9. The van der Waals surface area contributed by atoms with Gasteiger partial charge in [-0.05, 0) is 55.2 Å². The van der Waals surface area contributed by atoms with Crippen molar-refractivity contribution in [3.05, 3.63) is 59.7 Å². The number of amides is 2. The van der Waals surface area contributed by atoms with Crippen LogP contribution in [-0.4, -0.2) is 31.5 Å². The van der Waals surface area contributed by atoms with Gasteiger partial charge < -0.3 is 15.0 Å². The predicted octanol–water partition coefficient (Wildman–Crippen LogP) is 2.86. The van der Waals surface area contributed by atoms with Gasteiger partial charge in [0, 0.05) is 25.2 Å². The normalized spacial score (nSPS) is 13.7. The summed E-state index contributed by atoms with van der Waals surface area (Å²) < 4.78 is 5.52. The Morgan fingerprint density at radius 3 is 2.62 bits per heavy atom. The number of aryl methyl sites for hydroxylation is 1. The van der Waals surface area contributed by atoms with Crippen molar-refractivity contribution >= 4 is 17.5 Å².